The molecule has 0 saturated carbocycles. The van der Waals surface area contributed by atoms with Gasteiger partial charge in [-0.05, 0) is 43.5 Å². The van der Waals surface area contributed by atoms with Crippen LogP contribution in [0.15, 0.2) is 24.3 Å². The van der Waals surface area contributed by atoms with Crippen LogP contribution in [-0.2, 0) is 28.6 Å². The lowest BCUT2D eigenvalue weighted by Gasteiger charge is -2.31. The first-order valence-corrected chi connectivity index (χ1v) is 35.7. The Morgan fingerprint density at radius 3 is 0.854 bits per heavy atom. The van der Waals surface area contributed by atoms with E-state index in [9.17, 15) is 28.7 Å². The van der Waals surface area contributed by atoms with E-state index in [4.69, 9.17) is 14.2 Å². The molecule has 0 radical (unpaired) electrons. The molecular formula is C73H131FO8. The summed E-state index contributed by atoms with van der Waals surface area (Å²) >= 11 is 0. The fourth-order valence-electron chi connectivity index (χ4n) is 11.6. The molecule has 9 heteroatoms. The van der Waals surface area contributed by atoms with Gasteiger partial charge in [0.05, 0.1) is 26.2 Å². The first-order valence-electron chi connectivity index (χ1n) is 35.7. The standard InChI is InChI=1S/C73H131FO8/c1-4-7-10-13-16-19-22-25-28-31-34-37-40-43-46-49-52-55-62-80-68(75)65-73(79,72(78)82-64-57-54-51-48-45-42-39-36-33-30-27-24-21-18-15-12-9-6-3)69(70(76)66-58-60-67(74)61-59-66)71(77)81-63-56-53-50-47-44-41-38-35-32-29-26-23-20-17-14-11-8-5-2/h58-61,69,79H,4-57,62-65H2,1-3H3. The molecule has 1 aromatic rings. The predicted molar refractivity (Wildman–Crippen MR) is 343 cm³/mol. The monoisotopic (exact) mass is 1150 g/mol. The number of benzene rings is 1. The number of ether oxygens (including phenoxy) is 3. The van der Waals surface area contributed by atoms with Gasteiger partial charge in [0, 0.05) is 5.56 Å². The molecule has 0 heterocycles. The molecule has 0 spiro atoms. The zero-order chi connectivity index (χ0) is 59.5. The lowest BCUT2D eigenvalue weighted by atomic mass is 9.79. The third-order valence-electron chi connectivity index (χ3n) is 17.1. The zero-order valence-electron chi connectivity index (χ0n) is 54.1. The summed E-state index contributed by atoms with van der Waals surface area (Å²) in [6.45, 7) is 6.83. The second-order valence-corrected chi connectivity index (χ2v) is 25.0. The quantitative estimate of drug-likeness (QED) is 0.0225. The van der Waals surface area contributed by atoms with Crippen molar-refractivity contribution in [3.05, 3.63) is 35.6 Å². The van der Waals surface area contributed by atoms with E-state index in [1.54, 1.807) is 0 Å². The number of unbranched alkanes of at least 4 members (excludes halogenated alkanes) is 51. The molecule has 0 aromatic heterocycles. The number of halogens is 1. The largest absolute Gasteiger partial charge is 0.466 e. The molecule has 0 fully saturated rings. The van der Waals surface area contributed by atoms with Crippen LogP contribution in [0.5, 0.6) is 0 Å². The number of aliphatic hydroxyl groups is 1. The average molecular weight is 1160 g/mol. The highest BCUT2D eigenvalue weighted by molar-refractivity contribution is 6.13. The summed E-state index contributed by atoms with van der Waals surface area (Å²) < 4.78 is 31.0. The molecule has 0 amide bonds. The highest BCUT2D eigenvalue weighted by atomic mass is 19.1. The molecule has 0 aliphatic rings. The summed E-state index contributed by atoms with van der Waals surface area (Å²) in [6.07, 6.45) is 65.2. The Morgan fingerprint density at radius 2 is 0.585 bits per heavy atom. The van der Waals surface area contributed by atoms with Crippen LogP contribution in [0.2, 0.25) is 0 Å². The lowest BCUT2D eigenvalue weighted by Crippen LogP contribution is -2.55. The van der Waals surface area contributed by atoms with Crippen molar-refractivity contribution in [1.29, 1.82) is 0 Å². The minimum absolute atomic E-state index is 0.0149. The Hall–Kier alpha value is -2.81. The van der Waals surface area contributed by atoms with Crippen molar-refractivity contribution >= 4 is 23.7 Å². The minimum Gasteiger partial charge on any atom is -0.466 e. The molecule has 0 bridgehead atoms. The highest BCUT2D eigenvalue weighted by Gasteiger charge is 2.55. The van der Waals surface area contributed by atoms with Crippen LogP contribution in [0.1, 0.15) is 384 Å². The SMILES string of the molecule is CCCCCCCCCCCCCCCCCCCCOC(=O)CC(O)(C(=O)OCCCCCCCCCCCCCCCCCCCC)C(C(=O)OCCCCCCCCCCCCCCCCCCCC)C(=O)c1ccc(F)cc1. The van der Waals surface area contributed by atoms with Crippen LogP contribution in [0.4, 0.5) is 4.39 Å². The summed E-state index contributed by atoms with van der Waals surface area (Å²) in [6, 6.07) is 4.57. The van der Waals surface area contributed by atoms with Gasteiger partial charge in [0.1, 0.15) is 5.82 Å². The lowest BCUT2D eigenvalue weighted by molar-refractivity contribution is -0.183. The van der Waals surface area contributed by atoms with Crippen molar-refractivity contribution in [2.24, 2.45) is 5.92 Å². The minimum atomic E-state index is -2.91. The molecule has 2 atom stereocenters. The summed E-state index contributed by atoms with van der Waals surface area (Å²) in [4.78, 5) is 56.1. The highest BCUT2D eigenvalue weighted by Crippen LogP contribution is 2.31. The first-order chi connectivity index (χ1) is 40.2. The maximum absolute atomic E-state index is 14.3. The number of ketones is 1. The summed E-state index contributed by atoms with van der Waals surface area (Å²) in [5.41, 5.74) is -3.01. The topological polar surface area (TPSA) is 116 Å². The molecule has 0 aliphatic heterocycles. The van der Waals surface area contributed by atoms with Gasteiger partial charge in [0.25, 0.3) is 0 Å². The summed E-state index contributed by atoms with van der Waals surface area (Å²) in [7, 11) is 0. The fourth-order valence-corrected chi connectivity index (χ4v) is 11.6. The van der Waals surface area contributed by atoms with Crippen molar-refractivity contribution in [3.8, 4) is 0 Å². The molecule has 1 rings (SSSR count). The van der Waals surface area contributed by atoms with Gasteiger partial charge < -0.3 is 19.3 Å². The molecule has 82 heavy (non-hydrogen) atoms. The maximum Gasteiger partial charge on any atom is 0.340 e. The van der Waals surface area contributed by atoms with Gasteiger partial charge in [-0.3, -0.25) is 14.4 Å². The Kier molecular flexibility index (Phi) is 55.1. The van der Waals surface area contributed by atoms with Crippen molar-refractivity contribution in [2.75, 3.05) is 19.8 Å². The third kappa shape index (κ3) is 45.5. The van der Waals surface area contributed by atoms with Crippen LogP contribution in [0.3, 0.4) is 0 Å². The average Bonchev–Trinajstić information content (AvgIpc) is 3.67. The van der Waals surface area contributed by atoms with Crippen LogP contribution in [-0.4, -0.2) is 54.2 Å². The smallest absolute Gasteiger partial charge is 0.340 e. The van der Waals surface area contributed by atoms with Crippen molar-refractivity contribution < 1.29 is 42.9 Å². The number of Topliss-reactive ketones (excluding diaryl/α,β-unsaturated/α-hetero) is 1. The van der Waals surface area contributed by atoms with Gasteiger partial charge in [-0.15, -0.1) is 0 Å². The number of carbonyl (C=O) groups excluding carboxylic acids is 4. The van der Waals surface area contributed by atoms with E-state index in [1.807, 2.05) is 0 Å². The number of carbonyl (C=O) groups is 4. The predicted octanol–water partition coefficient (Wildman–Crippen LogP) is 22.5. The zero-order valence-corrected chi connectivity index (χ0v) is 54.1. The Bertz CT molecular complexity index is 1580. The summed E-state index contributed by atoms with van der Waals surface area (Å²) in [5, 5.41) is 12.4. The van der Waals surface area contributed by atoms with Crippen LogP contribution in [0, 0.1) is 11.7 Å². The van der Waals surface area contributed by atoms with Gasteiger partial charge in [0.15, 0.2) is 17.3 Å². The molecule has 478 valence electrons. The van der Waals surface area contributed by atoms with E-state index >= 15 is 0 Å². The van der Waals surface area contributed by atoms with E-state index in [-0.39, 0.29) is 25.4 Å². The van der Waals surface area contributed by atoms with E-state index < -0.39 is 47.4 Å². The second kappa shape index (κ2) is 58.6. The first kappa shape index (κ1) is 77.2. The van der Waals surface area contributed by atoms with Gasteiger partial charge in [-0.1, -0.05) is 348 Å². The van der Waals surface area contributed by atoms with Crippen molar-refractivity contribution in [2.45, 2.75) is 380 Å². The number of rotatable bonds is 64. The Morgan fingerprint density at radius 1 is 0.354 bits per heavy atom. The van der Waals surface area contributed by atoms with E-state index in [0.717, 1.165) is 82.8 Å². The molecule has 8 nitrogen and oxygen atoms in total. The van der Waals surface area contributed by atoms with Crippen molar-refractivity contribution in [1.82, 2.24) is 0 Å². The second-order valence-electron chi connectivity index (χ2n) is 25.0. The number of hydrogen-bond acceptors (Lipinski definition) is 8. The third-order valence-corrected chi connectivity index (χ3v) is 17.1. The van der Waals surface area contributed by atoms with Gasteiger partial charge in [-0.2, -0.15) is 0 Å². The van der Waals surface area contributed by atoms with Crippen LogP contribution in [0.25, 0.3) is 0 Å². The Balaban J connectivity index is 2.70. The maximum atomic E-state index is 14.3. The number of esters is 3. The van der Waals surface area contributed by atoms with Crippen LogP contribution >= 0.6 is 0 Å². The van der Waals surface area contributed by atoms with Crippen LogP contribution < -0.4 is 0 Å². The molecule has 0 aliphatic carbocycles. The Labute approximate surface area is 505 Å². The molecule has 2 unspecified atom stereocenters. The summed E-state index contributed by atoms with van der Waals surface area (Å²) in [5.74, 6) is -6.94. The van der Waals surface area contributed by atoms with Crippen molar-refractivity contribution in [3.63, 3.8) is 0 Å². The normalized spacial score (nSPS) is 12.6. The van der Waals surface area contributed by atoms with E-state index in [0.29, 0.717) is 19.3 Å². The molecule has 0 saturated heterocycles. The van der Waals surface area contributed by atoms with Gasteiger partial charge >= 0.3 is 17.9 Å². The number of hydrogen-bond donors (Lipinski definition) is 1. The van der Waals surface area contributed by atoms with Gasteiger partial charge in [0.2, 0.25) is 0 Å². The van der Waals surface area contributed by atoms with Gasteiger partial charge in [-0.25, -0.2) is 9.18 Å². The fraction of sp³-hybridized carbons (Fsp3) is 0.863. The molecule has 1 aromatic carbocycles. The van der Waals surface area contributed by atoms with E-state index in [1.165, 1.54) is 269 Å². The molecular weight excluding hydrogens is 1020 g/mol. The molecule has 1 N–H and O–H groups in total. The van der Waals surface area contributed by atoms with E-state index in [2.05, 4.69) is 20.8 Å².